The molecule has 1 saturated carbocycles. The Morgan fingerprint density at radius 1 is 1.03 bits per heavy atom. The Morgan fingerprint density at radius 2 is 1.77 bits per heavy atom. The quantitative estimate of drug-likeness (QED) is 0.241. The van der Waals surface area contributed by atoms with Gasteiger partial charge in [0.2, 0.25) is 0 Å². The molecule has 0 bridgehead atoms. The van der Waals surface area contributed by atoms with E-state index in [1.807, 2.05) is 47.3 Å². The normalized spacial score (nSPS) is 14.5. The van der Waals surface area contributed by atoms with E-state index in [0.717, 1.165) is 41.0 Å². The number of benzene rings is 2. The standard InChI is InChI=1S/C28H30N4O2S/c1-35-31-28(33)25-18-30-32-26(22-11-7-2-3-8-12-22)24(17-29-27(25)32)21-13-15-23(16-14-21)34-19-20-9-5-4-6-10-20/h4-6,9-10,13-18,22H,2-3,7-8,11-12,19H2,1H3,(H,31,33). The van der Waals surface area contributed by atoms with Crippen LogP contribution in [0.4, 0.5) is 0 Å². The predicted octanol–water partition coefficient (Wildman–Crippen LogP) is 6.42. The first kappa shape index (κ1) is 23.4. The number of rotatable bonds is 7. The van der Waals surface area contributed by atoms with Crippen molar-refractivity contribution in [2.45, 2.75) is 51.0 Å². The molecule has 5 rings (SSSR count). The van der Waals surface area contributed by atoms with E-state index in [0.29, 0.717) is 23.7 Å². The number of ether oxygens (including phenoxy) is 1. The maximum atomic E-state index is 12.6. The molecule has 0 atom stereocenters. The first-order chi connectivity index (χ1) is 17.2. The van der Waals surface area contributed by atoms with Crippen molar-refractivity contribution in [1.82, 2.24) is 19.3 Å². The van der Waals surface area contributed by atoms with Gasteiger partial charge in [-0.25, -0.2) is 9.50 Å². The van der Waals surface area contributed by atoms with Crippen LogP contribution in [-0.2, 0) is 6.61 Å². The molecule has 1 aliphatic rings. The Bertz CT molecular complexity index is 1280. The smallest absolute Gasteiger partial charge is 0.266 e. The van der Waals surface area contributed by atoms with Gasteiger partial charge in [0.05, 0.1) is 11.9 Å². The molecule has 0 spiro atoms. The molecule has 35 heavy (non-hydrogen) atoms. The molecule has 6 nitrogen and oxygen atoms in total. The highest BCUT2D eigenvalue weighted by Gasteiger charge is 2.25. The fraction of sp³-hybridized carbons (Fsp3) is 0.321. The Labute approximate surface area is 210 Å². The third kappa shape index (κ3) is 5.20. The van der Waals surface area contributed by atoms with Crippen LogP contribution >= 0.6 is 11.9 Å². The Balaban J connectivity index is 1.49. The molecule has 2 heterocycles. The van der Waals surface area contributed by atoms with E-state index in [-0.39, 0.29) is 5.91 Å². The average molecular weight is 487 g/mol. The topological polar surface area (TPSA) is 68.5 Å². The van der Waals surface area contributed by atoms with Gasteiger partial charge in [0.15, 0.2) is 5.65 Å². The minimum atomic E-state index is -0.167. The van der Waals surface area contributed by atoms with Crippen molar-refractivity contribution in [3.8, 4) is 16.9 Å². The summed E-state index contributed by atoms with van der Waals surface area (Å²) >= 11 is 1.28. The van der Waals surface area contributed by atoms with Crippen molar-refractivity contribution in [1.29, 1.82) is 0 Å². The van der Waals surface area contributed by atoms with E-state index in [1.165, 1.54) is 37.6 Å². The van der Waals surface area contributed by atoms with E-state index < -0.39 is 0 Å². The minimum Gasteiger partial charge on any atom is -0.489 e. The molecule has 7 heteroatoms. The second-order valence-corrected chi connectivity index (χ2v) is 9.59. The van der Waals surface area contributed by atoms with Gasteiger partial charge in [-0.1, -0.05) is 80.1 Å². The molecular formula is C28H30N4O2S. The van der Waals surface area contributed by atoms with Gasteiger partial charge < -0.3 is 4.74 Å². The zero-order valence-corrected chi connectivity index (χ0v) is 20.8. The van der Waals surface area contributed by atoms with Gasteiger partial charge >= 0.3 is 0 Å². The second kappa shape index (κ2) is 11.0. The van der Waals surface area contributed by atoms with Crippen LogP contribution < -0.4 is 9.46 Å². The van der Waals surface area contributed by atoms with Crippen molar-refractivity contribution < 1.29 is 9.53 Å². The van der Waals surface area contributed by atoms with Crippen LogP contribution in [0.1, 0.15) is 66.1 Å². The molecule has 1 fully saturated rings. The number of hydrogen-bond donors (Lipinski definition) is 1. The molecule has 0 saturated heterocycles. The first-order valence-electron chi connectivity index (χ1n) is 12.2. The minimum absolute atomic E-state index is 0.167. The zero-order chi connectivity index (χ0) is 24.0. The molecule has 180 valence electrons. The number of aromatic nitrogens is 3. The molecule has 2 aromatic heterocycles. The maximum absolute atomic E-state index is 12.6. The first-order valence-corrected chi connectivity index (χ1v) is 13.4. The predicted molar refractivity (Wildman–Crippen MR) is 141 cm³/mol. The number of amides is 1. The molecule has 1 amide bonds. The summed E-state index contributed by atoms with van der Waals surface area (Å²) in [6.45, 7) is 0.537. The highest BCUT2D eigenvalue weighted by molar-refractivity contribution is 7.97. The SMILES string of the molecule is CSNC(=O)c1cnn2c(C3CCCCCC3)c(-c3ccc(OCc4ccccc4)cc3)cnc12. The molecule has 4 aromatic rings. The largest absolute Gasteiger partial charge is 0.489 e. The maximum Gasteiger partial charge on any atom is 0.266 e. The van der Waals surface area contributed by atoms with Crippen LogP contribution in [0.25, 0.3) is 16.8 Å². The second-order valence-electron chi connectivity index (χ2n) is 8.97. The van der Waals surface area contributed by atoms with E-state index in [1.54, 1.807) is 6.20 Å². The van der Waals surface area contributed by atoms with E-state index >= 15 is 0 Å². The molecule has 0 unspecified atom stereocenters. The van der Waals surface area contributed by atoms with Gasteiger partial charge in [0.25, 0.3) is 5.91 Å². The van der Waals surface area contributed by atoms with Gasteiger partial charge in [-0.2, -0.15) is 5.10 Å². The Hall–Kier alpha value is -3.32. The van der Waals surface area contributed by atoms with Gasteiger partial charge in [0, 0.05) is 23.9 Å². The number of fused-ring (bicyclic) bond motifs is 1. The van der Waals surface area contributed by atoms with E-state index in [4.69, 9.17) is 9.72 Å². The zero-order valence-electron chi connectivity index (χ0n) is 19.9. The summed E-state index contributed by atoms with van der Waals surface area (Å²) in [6, 6.07) is 18.4. The molecule has 1 N–H and O–H groups in total. The van der Waals surface area contributed by atoms with Crippen LogP contribution in [-0.4, -0.2) is 26.8 Å². The Morgan fingerprint density at radius 3 is 2.49 bits per heavy atom. The summed E-state index contributed by atoms with van der Waals surface area (Å²) in [4.78, 5) is 17.3. The molecule has 0 radical (unpaired) electrons. The third-order valence-electron chi connectivity index (χ3n) is 6.66. The fourth-order valence-electron chi connectivity index (χ4n) is 4.90. The van der Waals surface area contributed by atoms with Crippen LogP contribution in [0.5, 0.6) is 5.75 Å². The van der Waals surface area contributed by atoms with Crippen LogP contribution in [0, 0.1) is 0 Å². The molecular weight excluding hydrogens is 456 g/mol. The Kier molecular flexibility index (Phi) is 7.33. The number of nitrogens with zero attached hydrogens (tertiary/aromatic N) is 3. The number of carbonyl (C=O) groups is 1. The van der Waals surface area contributed by atoms with Crippen LogP contribution in [0.2, 0.25) is 0 Å². The van der Waals surface area contributed by atoms with Gasteiger partial charge in [-0.05, 0) is 36.1 Å². The van der Waals surface area contributed by atoms with Crippen molar-refractivity contribution in [3.63, 3.8) is 0 Å². The molecule has 0 aliphatic heterocycles. The summed E-state index contributed by atoms with van der Waals surface area (Å²) in [5, 5.41) is 4.65. The van der Waals surface area contributed by atoms with Gasteiger partial charge in [-0.15, -0.1) is 0 Å². The summed E-state index contributed by atoms with van der Waals surface area (Å²) in [5.74, 6) is 1.04. The highest BCUT2D eigenvalue weighted by atomic mass is 32.2. The lowest BCUT2D eigenvalue weighted by atomic mass is 9.90. The van der Waals surface area contributed by atoms with Crippen LogP contribution in [0.3, 0.4) is 0 Å². The lowest BCUT2D eigenvalue weighted by molar-refractivity contribution is 0.0986. The molecule has 1 aliphatic carbocycles. The summed E-state index contributed by atoms with van der Waals surface area (Å²) in [7, 11) is 0. The van der Waals surface area contributed by atoms with E-state index in [9.17, 15) is 4.79 Å². The van der Waals surface area contributed by atoms with Crippen molar-refractivity contribution in [2.75, 3.05) is 6.26 Å². The average Bonchev–Trinajstić information content (AvgIpc) is 3.15. The van der Waals surface area contributed by atoms with Gasteiger partial charge in [0.1, 0.15) is 17.9 Å². The number of carbonyl (C=O) groups excluding carboxylic acids is 1. The summed E-state index contributed by atoms with van der Waals surface area (Å²) < 4.78 is 10.7. The van der Waals surface area contributed by atoms with Crippen LogP contribution in [0.15, 0.2) is 67.0 Å². The highest BCUT2D eigenvalue weighted by Crippen LogP contribution is 2.38. The number of nitrogens with one attached hydrogen (secondary N) is 1. The lowest BCUT2D eigenvalue weighted by Gasteiger charge is -2.20. The third-order valence-corrected chi connectivity index (χ3v) is 7.05. The summed E-state index contributed by atoms with van der Waals surface area (Å²) in [5.41, 5.74) is 5.56. The van der Waals surface area contributed by atoms with Crippen molar-refractivity contribution >= 4 is 23.5 Å². The van der Waals surface area contributed by atoms with E-state index in [2.05, 4.69) is 34.1 Å². The monoisotopic (exact) mass is 486 g/mol. The lowest BCUT2D eigenvalue weighted by Crippen LogP contribution is -2.16. The van der Waals surface area contributed by atoms with Crippen molar-refractivity contribution in [2.24, 2.45) is 0 Å². The van der Waals surface area contributed by atoms with Crippen molar-refractivity contribution in [3.05, 3.63) is 83.8 Å². The number of hydrogen-bond acceptors (Lipinski definition) is 5. The van der Waals surface area contributed by atoms with Gasteiger partial charge in [-0.3, -0.25) is 9.52 Å². The summed E-state index contributed by atoms with van der Waals surface area (Å²) in [6.07, 6.45) is 12.6. The fourth-order valence-corrected chi connectivity index (χ4v) is 5.19. The molecule has 2 aromatic carbocycles.